The lowest BCUT2D eigenvalue weighted by Crippen LogP contribution is -2.48. The number of hydrogen-bond acceptors (Lipinski definition) is 2. The van der Waals surface area contributed by atoms with Crippen LogP contribution in [0.3, 0.4) is 0 Å². The Kier molecular flexibility index (Phi) is 3.40. The molecular weight excluding hydrogens is 276 g/mol. The van der Waals surface area contributed by atoms with Gasteiger partial charge in [-0.1, -0.05) is 35.9 Å². The zero-order valence-electron chi connectivity index (χ0n) is 10.9. The minimum Gasteiger partial charge on any atom is -0.465 e. The lowest BCUT2D eigenvalue weighted by atomic mass is 10.1. The van der Waals surface area contributed by atoms with Crippen molar-refractivity contribution in [2.24, 2.45) is 0 Å². The van der Waals surface area contributed by atoms with Gasteiger partial charge in [0.2, 0.25) is 0 Å². The number of piperazine rings is 1. The van der Waals surface area contributed by atoms with Crippen LogP contribution in [0.1, 0.15) is 0 Å². The summed E-state index contributed by atoms with van der Waals surface area (Å²) in [6.07, 6.45) is -0.847. The molecule has 1 fully saturated rings. The standard InChI is InChI=1S/C15H15ClN2O2/c16-12-5-1-3-11-4-2-6-13(14(11)12)17-7-9-18(10-8-17)15(19)20/h1-6H,7-10H2,(H,19,20). The van der Waals surface area contributed by atoms with Gasteiger partial charge in [0.25, 0.3) is 0 Å². The van der Waals surface area contributed by atoms with Crippen LogP contribution in [0.4, 0.5) is 10.5 Å². The van der Waals surface area contributed by atoms with Crippen LogP contribution in [0.15, 0.2) is 36.4 Å². The second-order valence-electron chi connectivity index (χ2n) is 4.87. The maximum atomic E-state index is 11.0. The molecule has 1 saturated heterocycles. The molecule has 1 amide bonds. The van der Waals surface area contributed by atoms with Gasteiger partial charge in [-0.05, 0) is 17.5 Å². The molecule has 2 aromatic rings. The fourth-order valence-corrected chi connectivity index (χ4v) is 2.96. The van der Waals surface area contributed by atoms with Crippen molar-refractivity contribution >= 4 is 34.2 Å². The molecule has 3 rings (SSSR count). The number of nitrogens with zero attached hydrogens (tertiary/aromatic N) is 2. The number of halogens is 1. The van der Waals surface area contributed by atoms with Crippen LogP contribution in [0.25, 0.3) is 10.8 Å². The summed E-state index contributed by atoms with van der Waals surface area (Å²) in [5.74, 6) is 0. The quantitative estimate of drug-likeness (QED) is 0.876. The third-order valence-electron chi connectivity index (χ3n) is 3.72. The molecule has 0 bridgehead atoms. The first-order valence-electron chi connectivity index (χ1n) is 6.57. The molecule has 0 aliphatic carbocycles. The summed E-state index contributed by atoms with van der Waals surface area (Å²) in [6, 6.07) is 12.0. The number of anilines is 1. The minimum atomic E-state index is -0.847. The molecule has 1 N–H and O–H groups in total. The first-order chi connectivity index (χ1) is 9.66. The van der Waals surface area contributed by atoms with Gasteiger partial charge < -0.3 is 14.9 Å². The highest BCUT2D eigenvalue weighted by atomic mass is 35.5. The summed E-state index contributed by atoms with van der Waals surface area (Å²) in [5.41, 5.74) is 1.08. The van der Waals surface area contributed by atoms with E-state index >= 15 is 0 Å². The number of hydrogen-bond donors (Lipinski definition) is 1. The van der Waals surface area contributed by atoms with Crippen LogP contribution in [0, 0.1) is 0 Å². The average Bonchev–Trinajstić information content (AvgIpc) is 2.47. The zero-order valence-corrected chi connectivity index (χ0v) is 11.7. The summed E-state index contributed by atoms with van der Waals surface area (Å²) in [4.78, 5) is 14.6. The SMILES string of the molecule is O=C(O)N1CCN(c2cccc3cccc(Cl)c23)CC1. The summed E-state index contributed by atoms with van der Waals surface area (Å²) in [6.45, 7) is 2.43. The third kappa shape index (κ3) is 2.27. The third-order valence-corrected chi connectivity index (χ3v) is 4.04. The molecule has 0 unspecified atom stereocenters. The Morgan fingerprint density at radius 2 is 1.70 bits per heavy atom. The van der Waals surface area contributed by atoms with Gasteiger partial charge in [0, 0.05) is 37.3 Å². The van der Waals surface area contributed by atoms with E-state index < -0.39 is 6.09 Å². The number of carbonyl (C=O) groups is 1. The Morgan fingerprint density at radius 3 is 2.35 bits per heavy atom. The van der Waals surface area contributed by atoms with E-state index in [9.17, 15) is 4.79 Å². The normalized spacial score (nSPS) is 15.7. The van der Waals surface area contributed by atoms with Gasteiger partial charge >= 0.3 is 6.09 Å². The number of benzene rings is 2. The van der Waals surface area contributed by atoms with Crippen molar-refractivity contribution in [3.8, 4) is 0 Å². The van der Waals surface area contributed by atoms with E-state index in [0.29, 0.717) is 26.2 Å². The van der Waals surface area contributed by atoms with Crippen molar-refractivity contribution in [2.75, 3.05) is 31.1 Å². The topological polar surface area (TPSA) is 43.8 Å². The second kappa shape index (κ2) is 5.21. The largest absolute Gasteiger partial charge is 0.465 e. The molecule has 0 atom stereocenters. The van der Waals surface area contributed by atoms with Crippen LogP contribution in [-0.2, 0) is 0 Å². The minimum absolute atomic E-state index is 0.524. The highest BCUT2D eigenvalue weighted by Crippen LogP contribution is 2.33. The predicted molar refractivity (Wildman–Crippen MR) is 80.8 cm³/mol. The predicted octanol–water partition coefficient (Wildman–Crippen LogP) is 3.29. The molecule has 20 heavy (non-hydrogen) atoms. The van der Waals surface area contributed by atoms with Gasteiger partial charge in [-0.3, -0.25) is 0 Å². The van der Waals surface area contributed by atoms with Crippen molar-refractivity contribution in [3.05, 3.63) is 41.4 Å². The van der Waals surface area contributed by atoms with Crippen LogP contribution in [-0.4, -0.2) is 42.3 Å². The van der Waals surface area contributed by atoms with Gasteiger partial charge in [0.15, 0.2) is 0 Å². The molecule has 0 radical (unpaired) electrons. The van der Waals surface area contributed by atoms with E-state index in [2.05, 4.69) is 4.90 Å². The van der Waals surface area contributed by atoms with E-state index in [1.165, 1.54) is 4.90 Å². The maximum Gasteiger partial charge on any atom is 0.407 e. The lowest BCUT2D eigenvalue weighted by molar-refractivity contribution is 0.142. The van der Waals surface area contributed by atoms with Gasteiger partial charge in [-0.25, -0.2) is 4.79 Å². The molecule has 1 aliphatic rings. The Labute approximate surface area is 122 Å². The van der Waals surface area contributed by atoms with Gasteiger partial charge in [-0.2, -0.15) is 0 Å². The highest BCUT2D eigenvalue weighted by molar-refractivity contribution is 6.36. The molecule has 5 heteroatoms. The van der Waals surface area contributed by atoms with Crippen molar-refractivity contribution in [3.63, 3.8) is 0 Å². The Hall–Kier alpha value is -1.94. The first kappa shape index (κ1) is 13.1. The van der Waals surface area contributed by atoms with Crippen LogP contribution < -0.4 is 4.90 Å². The van der Waals surface area contributed by atoms with Gasteiger partial charge in [0.1, 0.15) is 0 Å². The molecular formula is C15H15ClN2O2. The van der Waals surface area contributed by atoms with Crippen LogP contribution in [0.5, 0.6) is 0 Å². The molecule has 2 aromatic carbocycles. The molecule has 1 aliphatic heterocycles. The van der Waals surface area contributed by atoms with Gasteiger partial charge in [-0.15, -0.1) is 0 Å². The summed E-state index contributed by atoms with van der Waals surface area (Å²) in [5, 5.41) is 11.9. The fourth-order valence-electron chi connectivity index (χ4n) is 2.68. The highest BCUT2D eigenvalue weighted by Gasteiger charge is 2.21. The molecule has 0 saturated carbocycles. The summed E-state index contributed by atoms with van der Waals surface area (Å²) < 4.78 is 0. The van der Waals surface area contributed by atoms with Crippen LogP contribution >= 0.6 is 11.6 Å². The second-order valence-corrected chi connectivity index (χ2v) is 5.28. The summed E-state index contributed by atoms with van der Waals surface area (Å²) in [7, 11) is 0. The van der Waals surface area contributed by atoms with Crippen molar-refractivity contribution in [1.29, 1.82) is 0 Å². The Morgan fingerprint density at radius 1 is 1.05 bits per heavy atom. The van der Waals surface area contributed by atoms with Crippen molar-refractivity contribution in [2.45, 2.75) is 0 Å². The number of amides is 1. The van der Waals surface area contributed by atoms with Crippen LogP contribution in [0.2, 0.25) is 5.02 Å². The fraction of sp³-hybridized carbons (Fsp3) is 0.267. The van der Waals surface area contributed by atoms with E-state index in [-0.39, 0.29) is 0 Å². The molecule has 104 valence electrons. The first-order valence-corrected chi connectivity index (χ1v) is 6.94. The van der Waals surface area contributed by atoms with Crippen molar-refractivity contribution in [1.82, 2.24) is 4.90 Å². The monoisotopic (exact) mass is 290 g/mol. The number of carboxylic acid groups (broad SMARTS) is 1. The van der Waals surface area contributed by atoms with E-state index in [4.69, 9.17) is 16.7 Å². The molecule has 1 heterocycles. The number of fused-ring (bicyclic) bond motifs is 1. The van der Waals surface area contributed by atoms with E-state index in [1.54, 1.807) is 0 Å². The average molecular weight is 291 g/mol. The number of rotatable bonds is 1. The zero-order chi connectivity index (χ0) is 14.1. The molecule has 4 nitrogen and oxygen atoms in total. The van der Waals surface area contributed by atoms with E-state index in [1.807, 2.05) is 36.4 Å². The summed E-state index contributed by atoms with van der Waals surface area (Å²) >= 11 is 6.33. The van der Waals surface area contributed by atoms with E-state index in [0.717, 1.165) is 21.5 Å². The van der Waals surface area contributed by atoms with Crippen molar-refractivity contribution < 1.29 is 9.90 Å². The smallest absolute Gasteiger partial charge is 0.407 e. The lowest BCUT2D eigenvalue weighted by Gasteiger charge is -2.35. The maximum absolute atomic E-state index is 11.0. The van der Waals surface area contributed by atoms with Gasteiger partial charge in [0.05, 0.1) is 5.02 Å². The Bertz CT molecular complexity index is 646. The molecule has 0 spiro atoms. The molecule has 0 aromatic heterocycles. The Balaban J connectivity index is 1.94.